The van der Waals surface area contributed by atoms with Gasteiger partial charge in [0.15, 0.2) is 6.10 Å². The zero-order chi connectivity index (χ0) is 28.2. The molecular weight excluding hydrogens is 515 g/mol. The second-order valence-corrected chi connectivity index (χ2v) is 11.4. The van der Waals surface area contributed by atoms with Gasteiger partial charge in [0.2, 0.25) is 0 Å². The number of hydrogen-bond acceptors (Lipinski definition) is 4. The number of rotatable bonds is 7. The van der Waals surface area contributed by atoms with E-state index < -0.39 is 24.1 Å². The predicted molar refractivity (Wildman–Crippen MR) is 162 cm³/mol. The monoisotopic (exact) mass is 550 g/mol. The van der Waals surface area contributed by atoms with Gasteiger partial charge >= 0.3 is 11.9 Å². The highest BCUT2D eigenvalue weighted by Gasteiger charge is 2.46. The molecule has 0 radical (unpaired) electrons. The van der Waals surface area contributed by atoms with Crippen molar-refractivity contribution in [3.8, 4) is 0 Å². The first-order valence-corrected chi connectivity index (χ1v) is 15.3. The molecule has 5 rings (SSSR count). The van der Waals surface area contributed by atoms with Crippen molar-refractivity contribution in [1.82, 2.24) is 0 Å². The molecule has 1 aliphatic rings. The van der Waals surface area contributed by atoms with Crippen LogP contribution in [0.25, 0.3) is 0 Å². The van der Waals surface area contributed by atoms with E-state index in [1.165, 1.54) is 5.30 Å². The van der Waals surface area contributed by atoms with Gasteiger partial charge in [-0.1, -0.05) is 95.2 Å². The molecule has 0 fully saturated rings. The summed E-state index contributed by atoms with van der Waals surface area (Å²) in [6.07, 6.45) is -0.512. The van der Waals surface area contributed by atoms with Crippen molar-refractivity contribution in [1.29, 1.82) is 0 Å². The summed E-state index contributed by atoms with van der Waals surface area (Å²) in [6, 6.07) is 31.4. The lowest BCUT2D eigenvalue weighted by Crippen LogP contribution is -2.46. The van der Waals surface area contributed by atoms with Crippen LogP contribution in [-0.2, 0) is 15.9 Å². The van der Waals surface area contributed by atoms with Crippen molar-refractivity contribution in [2.24, 2.45) is 0 Å². The topological polar surface area (TPSA) is 52.6 Å². The Morgan fingerprint density at radius 1 is 0.700 bits per heavy atom. The van der Waals surface area contributed by atoms with E-state index in [0.29, 0.717) is 19.7 Å². The van der Waals surface area contributed by atoms with Gasteiger partial charge in [-0.15, -0.1) is 0 Å². The van der Waals surface area contributed by atoms with E-state index in [0.717, 1.165) is 34.2 Å². The Morgan fingerprint density at radius 2 is 1.23 bits per heavy atom. The third-order valence-corrected chi connectivity index (χ3v) is 8.89. The van der Waals surface area contributed by atoms with Crippen LogP contribution in [0.4, 0.5) is 0 Å². The fraction of sp³-hybridized carbons (Fsp3) is 0.257. The Hall–Kier alpha value is -3.75. The van der Waals surface area contributed by atoms with Gasteiger partial charge in [-0.3, -0.25) is 0 Å². The minimum atomic E-state index is -0.718. The summed E-state index contributed by atoms with van der Waals surface area (Å²) in [5.41, 5.74) is 6.44. The van der Waals surface area contributed by atoms with Gasteiger partial charge in [-0.25, -0.2) is 9.59 Å². The molecule has 0 saturated carbocycles. The van der Waals surface area contributed by atoms with Crippen molar-refractivity contribution in [2.75, 3.05) is 6.66 Å². The number of esters is 2. The first-order valence-electron chi connectivity index (χ1n) is 13.8. The highest BCUT2D eigenvalue weighted by molar-refractivity contribution is 7.46. The van der Waals surface area contributed by atoms with Crippen molar-refractivity contribution in [2.45, 2.75) is 51.2 Å². The Bertz CT molecular complexity index is 1490. The number of carbonyl (C=O) groups is 2. The largest absolute Gasteiger partial charge is 0.454 e. The third kappa shape index (κ3) is 5.60. The molecule has 5 heteroatoms. The zero-order valence-corrected chi connectivity index (χ0v) is 24.4. The smallest absolute Gasteiger partial charge is 0.338 e. The Balaban J connectivity index is 1.58. The minimum Gasteiger partial charge on any atom is -0.454 e. The van der Waals surface area contributed by atoms with Gasteiger partial charge in [0.25, 0.3) is 0 Å². The summed E-state index contributed by atoms with van der Waals surface area (Å²) >= 11 is 0. The molecule has 5 atom stereocenters. The number of hydrogen-bond donors (Lipinski definition) is 0. The van der Waals surface area contributed by atoms with Crippen LogP contribution < -0.4 is 5.30 Å². The van der Waals surface area contributed by atoms with Gasteiger partial charge in [-0.2, -0.15) is 0 Å². The van der Waals surface area contributed by atoms with E-state index in [-0.39, 0.29) is 11.8 Å². The highest BCUT2D eigenvalue weighted by Crippen LogP contribution is 2.46. The maximum absolute atomic E-state index is 13.6. The standard InChI is InChI=1S/C35H35O4P/c1-5-24-14-16-25(17-15-24)35(37)39-33-31(28-11-7-6-10-22(28)2)30-13-9-8-12-29(30)23(3)32(33)38-34(36)26-18-20-27(40-4)21-19-26/h6-21,23,31-33,40H,5H2,1-4H3/t23?,31-,32?,33?/m0/s1. The summed E-state index contributed by atoms with van der Waals surface area (Å²) in [5.74, 6) is -1.32. The van der Waals surface area contributed by atoms with E-state index in [1.54, 1.807) is 12.1 Å². The number of carbonyl (C=O) groups excluding carboxylic acids is 2. The van der Waals surface area contributed by atoms with Crippen LogP contribution in [0.15, 0.2) is 97.1 Å². The van der Waals surface area contributed by atoms with E-state index in [2.05, 4.69) is 44.8 Å². The van der Waals surface area contributed by atoms with Crippen molar-refractivity contribution < 1.29 is 19.1 Å². The van der Waals surface area contributed by atoms with Gasteiger partial charge in [0, 0.05) is 5.92 Å². The summed E-state index contributed by atoms with van der Waals surface area (Å²) in [5, 5.41) is 1.18. The van der Waals surface area contributed by atoms with Crippen LogP contribution in [-0.4, -0.2) is 30.8 Å². The average molecular weight is 551 g/mol. The predicted octanol–water partition coefficient (Wildman–Crippen LogP) is 7.19. The molecule has 0 bridgehead atoms. The summed E-state index contributed by atoms with van der Waals surface area (Å²) in [4.78, 5) is 27.1. The molecule has 204 valence electrons. The Morgan fingerprint density at radius 3 is 1.80 bits per heavy atom. The van der Waals surface area contributed by atoms with Crippen LogP contribution in [0.1, 0.15) is 74.2 Å². The molecule has 0 amide bonds. The van der Waals surface area contributed by atoms with Crippen molar-refractivity contribution in [3.63, 3.8) is 0 Å². The lowest BCUT2D eigenvalue weighted by molar-refractivity contribution is -0.0532. The molecule has 0 N–H and O–H groups in total. The third-order valence-electron chi connectivity index (χ3n) is 7.98. The zero-order valence-electron chi connectivity index (χ0n) is 23.4. The van der Waals surface area contributed by atoms with Gasteiger partial charge in [-0.05, 0) is 77.4 Å². The molecule has 1 aliphatic carbocycles. The number of fused-ring (bicyclic) bond motifs is 1. The first kappa shape index (κ1) is 27.8. The van der Waals surface area contributed by atoms with Crippen LogP contribution >= 0.6 is 8.58 Å². The maximum Gasteiger partial charge on any atom is 0.338 e. The molecule has 0 aliphatic heterocycles. The summed E-state index contributed by atoms with van der Waals surface area (Å²) in [7, 11) is 0.649. The molecular formula is C35H35O4P. The Kier molecular flexibility index (Phi) is 8.47. The maximum atomic E-state index is 13.6. The fourth-order valence-electron chi connectivity index (χ4n) is 5.65. The lowest BCUT2D eigenvalue weighted by atomic mass is 9.70. The SMILES string of the molecule is CCc1ccc(C(=O)OC2C(OC(=O)c3ccc(PC)cc3)C(C)c3ccccc3[C@@H]2c2ccccc2C)cc1. The molecule has 40 heavy (non-hydrogen) atoms. The second-order valence-electron chi connectivity index (χ2n) is 10.4. The highest BCUT2D eigenvalue weighted by atomic mass is 31.1. The molecule has 4 aromatic rings. The van der Waals surface area contributed by atoms with Crippen molar-refractivity contribution >= 4 is 25.8 Å². The van der Waals surface area contributed by atoms with Crippen LogP contribution in [0.5, 0.6) is 0 Å². The van der Waals surface area contributed by atoms with E-state index >= 15 is 0 Å². The fourth-order valence-corrected chi connectivity index (χ4v) is 6.15. The Labute approximate surface area is 238 Å². The molecule has 4 aromatic carbocycles. The molecule has 0 heterocycles. The minimum absolute atomic E-state index is 0.183. The molecule has 4 nitrogen and oxygen atoms in total. The molecule has 4 unspecified atom stereocenters. The van der Waals surface area contributed by atoms with Crippen LogP contribution in [0, 0.1) is 6.92 Å². The van der Waals surface area contributed by atoms with Crippen LogP contribution in [0.2, 0.25) is 0 Å². The first-order chi connectivity index (χ1) is 19.4. The molecule has 0 aromatic heterocycles. The number of aryl methyl sites for hydroxylation is 2. The quantitative estimate of drug-likeness (QED) is 0.181. The van der Waals surface area contributed by atoms with Gasteiger partial charge < -0.3 is 9.47 Å². The number of benzene rings is 4. The average Bonchev–Trinajstić information content (AvgIpc) is 3.00. The lowest BCUT2D eigenvalue weighted by Gasteiger charge is -2.42. The van der Waals surface area contributed by atoms with Crippen molar-refractivity contribution in [3.05, 3.63) is 136 Å². The van der Waals surface area contributed by atoms with Gasteiger partial charge in [0.05, 0.1) is 17.0 Å². The molecule has 0 saturated heterocycles. The normalized spacial score (nSPS) is 20.2. The van der Waals surface area contributed by atoms with E-state index in [1.807, 2.05) is 67.6 Å². The molecule has 0 spiro atoms. The van der Waals surface area contributed by atoms with Gasteiger partial charge in [0.1, 0.15) is 6.10 Å². The summed E-state index contributed by atoms with van der Waals surface area (Å²) < 4.78 is 12.7. The second kappa shape index (κ2) is 12.2. The summed E-state index contributed by atoms with van der Waals surface area (Å²) in [6.45, 7) is 8.30. The number of ether oxygens (including phenoxy) is 2. The van der Waals surface area contributed by atoms with E-state index in [9.17, 15) is 9.59 Å². The van der Waals surface area contributed by atoms with E-state index in [4.69, 9.17) is 9.47 Å². The van der Waals surface area contributed by atoms with Crippen LogP contribution in [0.3, 0.4) is 0 Å².